The van der Waals surface area contributed by atoms with E-state index < -0.39 is 42.1 Å². The first-order valence-corrected chi connectivity index (χ1v) is 12.4. The number of aromatic nitrogens is 1. The molecule has 0 radical (unpaired) electrons. The number of nitrogens with zero attached hydrogens (tertiary/aromatic N) is 1. The zero-order valence-electron chi connectivity index (χ0n) is 20.8. The molecule has 3 aromatic rings. The Morgan fingerprint density at radius 2 is 2.03 bits per heavy atom. The molecule has 0 spiro atoms. The number of halogens is 4. The third kappa shape index (κ3) is 5.60. The van der Waals surface area contributed by atoms with E-state index in [-0.39, 0.29) is 30.5 Å². The predicted molar refractivity (Wildman–Crippen MR) is 132 cm³/mol. The lowest BCUT2D eigenvalue weighted by atomic mass is 9.87. The fraction of sp³-hybridized carbons (Fsp3) is 0.444. The number of ether oxygens (including phenoxy) is 1. The van der Waals surface area contributed by atoms with Gasteiger partial charge in [-0.2, -0.15) is 0 Å². The number of nitrogens with one attached hydrogen (secondary N) is 2. The molecule has 0 bridgehead atoms. The summed E-state index contributed by atoms with van der Waals surface area (Å²) < 4.78 is 63.2. The Kier molecular flexibility index (Phi) is 8.39. The van der Waals surface area contributed by atoms with Gasteiger partial charge < -0.3 is 20.1 Å². The summed E-state index contributed by atoms with van der Waals surface area (Å²) in [6.45, 7) is 3.91. The van der Waals surface area contributed by atoms with Crippen molar-refractivity contribution in [1.29, 1.82) is 0 Å². The molecule has 4 rings (SSSR count). The molecule has 6 nitrogen and oxygen atoms in total. The van der Waals surface area contributed by atoms with Gasteiger partial charge in [-0.1, -0.05) is 6.92 Å². The lowest BCUT2D eigenvalue weighted by Gasteiger charge is -2.42. The molecule has 200 valence electrons. The molecule has 3 atom stereocenters. The van der Waals surface area contributed by atoms with E-state index in [2.05, 4.69) is 10.3 Å². The van der Waals surface area contributed by atoms with E-state index in [1.54, 1.807) is 17.9 Å². The Bertz CT molecular complexity index is 1270. The molecule has 1 aliphatic heterocycles. The van der Waals surface area contributed by atoms with Gasteiger partial charge in [-0.05, 0) is 62.2 Å². The lowest BCUT2D eigenvalue weighted by Crippen LogP contribution is -2.46. The van der Waals surface area contributed by atoms with Crippen molar-refractivity contribution in [3.8, 4) is 5.75 Å². The number of H-pyrrole nitrogens is 1. The van der Waals surface area contributed by atoms with Gasteiger partial charge in [0.1, 0.15) is 18.2 Å². The second-order valence-electron chi connectivity index (χ2n) is 9.51. The van der Waals surface area contributed by atoms with Crippen molar-refractivity contribution in [2.75, 3.05) is 32.9 Å². The van der Waals surface area contributed by atoms with Crippen molar-refractivity contribution >= 4 is 16.9 Å². The molecule has 2 aromatic carbocycles. The first-order chi connectivity index (χ1) is 17.7. The minimum atomic E-state index is -1.02. The van der Waals surface area contributed by atoms with Gasteiger partial charge in [0.2, 0.25) is 0 Å². The summed E-state index contributed by atoms with van der Waals surface area (Å²) >= 11 is 0. The number of aromatic amines is 1. The molecule has 2 heterocycles. The van der Waals surface area contributed by atoms with Crippen LogP contribution in [-0.4, -0.2) is 59.9 Å². The summed E-state index contributed by atoms with van der Waals surface area (Å²) in [5, 5.41) is 13.2. The average Bonchev–Trinajstić information content (AvgIpc) is 3.21. The number of carbonyl (C=O) groups is 1. The van der Waals surface area contributed by atoms with Crippen LogP contribution in [0, 0.1) is 23.4 Å². The van der Waals surface area contributed by atoms with Gasteiger partial charge in [-0.15, -0.1) is 0 Å². The van der Waals surface area contributed by atoms with Gasteiger partial charge in [0.05, 0.1) is 24.2 Å². The number of carboxylic acids is 1. The zero-order valence-corrected chi connectivity index (χ0v) is 20.8. The SMILES string of the molecule is C[C@@H]1Cc2c([nH]c3ccc(F)cc23)[C@@H](c2c(F)ccc(OCCNCCCF)c2F)N1C[C@H](C)C(=O)O. The number of alkyl halides is 1. The molecule has 3 N–H and O–H groups in total. The minimum Gasteiger partial charge on any atom is -0.489 e. The Hall–Kier alpha value is -3.11. The summed E-state index contributed by atoms with van der Waals surface area (Å²) in [7, 11) is 0. The standard InChI is InChI=1S/C27H31F4N3O3/c1-15(27(35)36)14-34-16(2)12-19-18-13-17(29)4-6-21(18)33-25(19)26(34)23-20(30)5-7-22(24(23)31)37-11-10-32-9-3-8-28/h4-7,13,15-16,26,32-33H,3,8-12,14H2,1-2H3,(H,35,36)/t15-,16+,26+/m0/s1. The van der Waals surface area contributed by atoms with E-state index in [1.807, 2.05) is 6.92 Å². The zero-order chi connectivity index (χ0) is 26.7. The van der Waals surface area contributed by atoms with Gasteiger partial charge in [-0.25, -0.2) is 13.2 Å². The molecule has 10 heteroatoms. The van der Waals surface area contributed by atoms with Crippen LogP contribution in [-0.2, 0) is 11.2 Å². The number of fused-ring (bicyclic) bond motifs is 3. The van der Waals surface area contributed by atoms with Crippen LogP contribution in [0.2, 0.25) is 0 Å². The molecule has 1 aromatic heterocycles. The summed E-state index contributed by atoms with van der Waals surface area (Å²) in [4.78, 5) is 16.7. The Balaban J connectivity index is 1.77. The van der Waals surface area contributed by atoms with E-state index >= 15 is 8.78 Å². The van der Waals surface area contributed by atoms with Crippen LogP contribution < -0.4 is 10.1 Å². The van der Waals surface area contributed by atoms with Gasteiger partial charge >= 0.3 is 5.97 Å². The van der Waals surface area contributed by atoms with Crippen molar-refractivity contribution in [3.63, 3.8) is 0 Å². The number of carboxylic acid groups (broad SMARTS) is 1. The van der Waals surface area contributed by atoms with Crippen LogP contribution in [0.1, 0.15) is 43.1 Å². The highest BCUT2D eigenvalue weighted by atomic mass is 19.1. The average molecular weight is 522 g/mol. The Morgan fingerprint density at radius 1 is 1.24 bits per heavy atom. The third-order valence-corrected chi connectivity index (χ3v) is 6.87. The van der Waals surface area contributed by atoms with Crippen molar-refractivity contribution in [3.05, 3.63) is 64.6 Å². The van der Waals surface area contributed by atoms with E-state index in [0.29, 0.717) is 42.5 Å². The topological polar surface area (TPSA) is 77.6 Å². The summed E-state index contributed by atoms with van der Waals surface area (Å²) in [5.74, 6) is -4.06. The molecule has 0 aliphatic carbocycles. The Morgan fingerprint density at radius 3 is 2.76 bits per heavy atom. The van der Waals surface area contributed by atoms with Crippen LogP contribution in [0.15, 0.2) is 30.3 Å². The summed E-state index contributed by atoms with van der Waals surface area (Å²) in [6, 6.07) is 5.36. The van der Waals surface area contributed by atoms with Crippen LogP contribution in [0.4, 0.5) is 17.6 Å². The number of rotatable bonds is 11. The maximum Gasteiger partial charge on any atom is 0.307 e. The predicted octanol–water partition coefficient (Wildman–Crippen LogP) is 4.97. The van der Waals surface area contributed by atoms with E-state index in [0.717, 1.165) is 11.6 Å². The minimum absolute atomic E-state index is 0.0484. The van der Waals surface area contributed by atoms with Crippen molar-refractivity contribution < 1.29 is 32.2 Å². The second-order valence-corrected chi connectivity index (χ2v) is 9.51. The first-order valence-electron chi connectivity index (χ1n) is 12.4. The number of aliphatic carboxylic acids is 1. The molecule has 0 amide bonds. The van der Waals surface area contributed by atoms with E-state index in [9.17, 15) is 18.7 Å². The smallest absolute Gasteiger partial charge is 0.307 e. The van der Waals surface area contributed by atoms with Crippen LogP contribution in [0.25, 0.3) is 10.9 Å². The number of benzene rings is 2. The molecule has 0 unspecified atom stereocenters. The largest absolute Gasteiger partial charge is 0.489 e. The fourth-order valence-electron chi connectivity index (χ4n) is 4.98. The van der Waals surface area contributed by atoms with Crippen LogP contribution in [0.5, 0.6) is 5.75 Å². The normalized spacial score (nSPS) is 18.6. The van der Waals surface area contributed by atoms with Crippen LogP contribution in [0.3, 0.4) is 0 Å². The monoisotopic (exact) mass is 521 g/mol. The lowest BCUT2D eigenvalue weighted by molar-refractivity contribution is -0.142. The Labute approximate surface area is 212 Å². The number of hydrogen-bond acceptors (Lipinski definition) is 4. The molecule has 1 aliphatic rings. The second kappa shape index (κ2) is 11.5. The highest BCUT2D eigenvalue weighted by molar-refractivity contribution is 5.85. The molecule has 0 fully saturated rings. The van der Waals surface area contributed by atoms with Gasteiger partial charge in [0.25, 0.3) is 0 Å². The maximum absolute atomic E-state index is 15.9. The highest BCUT2D eigenvalue weighted by Gasteiger charge is 2.40. The third-order valence-electron chi connectivity index (χ3n) is 6.87. The van der Waals surface area contributed by atoms with Gasteiger partial charge in [-0.3, -0.25) is 14.1 Å². The molecule has 37 heavy (non-hydrogen) atoms. The van der Waals surface area contributed by atoms with Gasteiger partial charge in [0.15, 0.2) is 11.6 Å². The van der Waals surface area contributed by atoms with Gasteiger partial charge in [0, 0.05) is 35.7 Å². The first kappa shape index (κ1) is 26.9. The van der Waals surface area contributed by atoms with Crippen LogP contribution >= 0.6 is 0 Å². The maximum atomic E-state index is 15.9. The molecule has 0 saturated heterocycles. The van der Waals surface area contributed by atoms with E-state index in [1.165, 1.54) is 18.2 Å². The van der Waals surface area contributed by atoms with E-state index in [4.69, 9.17) is 4.74 Å². The van der Waals surface area contributed by atoms with Crippen molar-refractivity contribution in [1.82, 2.24) is 15.2 Å². The fourth-order valence-corrected chi connectivity index (χ4v) is 4.98. The molecule has 0 saturated carbocycles. The highest BCUT2D eigenvalue weighted by Crippen LogP contribution is 2.44. The quantitative estimate of drug-likeness (QED) is 0.245. The summed E-state index contributed by atoms with van der Waals surface area (Å²) in [5.41, 5.74) is 1.61. The molecular weight excluding hydrogens is 490 g/mol. The summed E-state index contributed by atoms with van der Waals surface area (Å²) in [6.07, 6.45) is 0.807. The van der Waals surface area contributed by atoms with Crippen molar-refractivity contribution in [2.24, 2.45) is 5.92 Å². The molecular formula is C27H31F4N3O3. The number of hydrogen-bond donors (Lipinski definition) is 3. The van der Waals surface area contributed by atoms with Crippen molar-refractivity contribution in [2.45, 2.75) is 38.8 Å².